The number of aromatic nitrogens is 3. The second-order valence-corrected chi connectivity index (χ2v) is 6.01. The molecule has 0 saturated heterocycles. The molecule has 2 aromatic heterocycles. The van der Waals surface area contributed by atoms with E-state index in [0.29, 0.717) is 25.3 Å². The molecule has 0 aliphatic carbocycles. The number of alkyl halides is 3. The van der Waals surface area contributed by atoms with Crippen LogP contribution in [-0.2, 0) is 13.2 Å². The van der Waals surface area contributed by atoms with Crippen molar-refractivity contribution in [2.45, 2.75) is 6.18 Å². The standard InChI is InChI=1S/C16H10F3N3O3S/c1-3-6-25-14-10-7-9(4-5-11(10)26-20-14)22-13(23)8-12(16(17,18)19)21(2)15(22)24/h1,4-5,7-8H,6H2,2H3. The van der Waals surface area contributed by atoms with Gasteiger partial charge in [0.1, 0.15) is 5.69 Å². The van der Waals surface area contributed by atoms with Gasteiger partial charge in [-0.15, -0.1) is 6.42 Å². The molecule has 0 saturated carbocycles. The van der Waals surface area contributed by atoms with Crippen molar-refractivity contribution >= 4 is 21.6 Å². The summed E-state index contributed by atoms with van der Waals surface area (Å²) in [6.07, 6.45) is 0.319. The summed E-state index contributed by atoms with van der Waals surface area (Å²) in [7, 11) is 0.952. The van der Waals surface area contributed by atoms with E-state index in [1.165, 1.54) is 12.1 Å². The van der Waals surface area contributed by atoms with E-state index < -0.39 is 23.1 Å². The molecule has 26 heavy (non-hydrogen) atoms. The summed E-state index contributed by atoms with van der Waals surface area (Å²) >= 11 is 1.12. The highest BCUT2D eigenvalue weighted by Crippen LogP contribution is 2.30. The molecule has 0 spiro atoms. The Morgan fingerprint density at radius 2 is 2.04 bits per heavy atom. The Bertz CT molecular complexity index is 1150. The van der Waals surface area contributed by atoms with Crippen LogP contribution in [-0.4, -0.2) is 20.1 Å². The third kappa shape index (κ3) is 2.97. The summed E-state index contributed by atoms with van der Waals surface area (Å²) in [5.41, 5.74) is -3.42. The largest absolute Gasteiger partial charge is 0.463 e. The minimum absolute atomic E-state index is 0.0228. The van der Waals surface area contributed by atoms with Crippen molar-refractivity contribution < 1.29 is 17.9 Å². The highest BCUT2D eigenvalue weighted by Gasteiger charge is 2.35. The number of terminal acetylenes is 1. The number of fused-ring (bicyclic) bond motifs is 1. The maximum atomic E-state index is 12.9. The Kier molecular flexibility index (Phi) is 4.33. The molecule has 3 aromatic rings. The number of benzene rings is 1. The van der Waals surface area contributed by atoms with Gasteiger partial charge in [0.25, 0.3) is 5.56 Å². The van der Waals surface area contributed by atoms with Gasteiger partial charge >= 0.3 is 11.9 Å². The van der Waals surface area contributed by atoms with E-state index in [1.54, 1.807) is 6.07 Å². The zero-order valence-corrected chi connectivity index (χ0v) is 14.0. The minimum Gasteiger partial charge on any atom is -0.463 e. The summed E-state index contributed by atoms with van der Waals surface area (Å²) in [6, 6.07) is 4.87. The van der Waals surface area contributed by atoms with E-state index in [4.69, 9.17) is 11.2 Å². The first-order valence-electron chi connectivity index (χ1n) is 7.10. The molecular weight excluding hydrogens is 371 g/mol. The summed E-state index contributed by atoms with van der Waals surface area (Å²) < 4.78 is 49.9. The van der Waals surface area contributed by atoms with Crippen molar-refractivity contribution in [2.75, 3.05) is 6.61 Å². The molecule has 0 fully saturated rings. The molecule has 1 aromatic carbocycles. The van der Waals surface area contributed by atoms with Gasteiger partial charge < -0.3 is 4.74 Å². The average Bonchev–Trinajstić information content (AvgIpc) is 2.98. The molecular formula is C16H10F3N3O3S. The predicted molar refractivity (Wildman–Crippen MR) is 89.8 cm³/mol. The van der Waals surface area contributed by atoms with Crippen molar-refractivity contribution in [1.29, 1.82) is 0 Å². The zero-order valence-electron chi connectivity index (χ0n) is 13.2. The Morgan fingerprint density at radius 1 is 1.31 bits per heavy atom. The van der Waals surface area contributed by atoms with Crippen molar-refractivity contribution in [3.8, 4) is 23.9 Å². The van der Waals surface area contributed by atoms with E-state index in [9.17, 15) is 22.8 Å². The van der Waals surface area contributed by atoms with Crippen molar-refractivity contribution in [2.24, 2.45) is 7.05 Å². The second-order valence-electron chi connectivity index (χ2n) is 5.20. The lowest BCUT2D eigenvalue weighted by Crippen LogP contribution is -2.40. The third-order valence-corrected chi connectivity index (χ3v) is 4.39. The summed E-state index contributed by atoms with van der Waals surface area (Å²) in [4.78, 5) is 24.5. The van der Waals surface area contributed by atoms with E-state index in [0.717, 1.165) is 18.6 Å². The number of ether oxygens (including phenoxy) is 1. The maximum Gasteiger partial charge on any atom is 0.431 e. The van der Waals surface area contributed by atoms with Gasteiger partial charge in [0.05, 0.1) is 15.8 Å². The summed E-state index contributed by atoms with van der Waals surface area (Å²) in [5, 5.41) is 0.497. The van der Waals surface area contributed by atoms with Crippen molar-refractivity contribution in [3.05, 3.63) is 50.8 Å². The fourth-order valence-corrected chi connectivity index (χ4v) is 3.10. The first kappa shape index (κ1) is 17.8. The topological polar surface area (TPSA) is 66.1 Å². The number of rotatable bonds is 3. The van der Waals surface area contributed by atoms with Crippen LogP contribution >= 0.6 is 11.5 Å². The molecule has 0 bridgehead atoms. The zero-order chi connectivity index (χ0) is 19.1. The average molecular weight is 381 g/mol. The van der Waals surface area contributed by atoms with Crippen LogP contribution in [0.5, 0.6) is 5.88 Å². The van der Waals surface area contributed by atoms with Crippen LogP contribution < -0.4 is 16.0 Å². The lowest BCUT2D eigenvalue weighted by Gasteiger charge is -2.14. The van der Waals surface area contributed by atoms with Crippen molar-refractivity contribution in [1.82, 2.24) is 13.5 Å². The Hall–Kier alpha value is -3.06. The normalized spacial score (nSPS) is 11.5. The van der Waals surface area contributed by atoms with Gasteiger partial charge in [-0.05, 0) is 29.7 Å². The van der Waals surface area contributed by atoms with Crippen LogP contribution in [0, 0.1) is 12.3 Å². The molecule has 134 valence electrons. The second kappa shape index (κ2) is 6.34. The van der Waals surface area contributed by atoms with Gasteiger partial charge in [0.15, 0.2) is 6.61 Å². The van der Waals surface area contributed by atoms with Gasteiger partial charge in [-0.2, -0.15) is 17.5 Å². The number of halogens is 3. The third-order valence-electron chi connectivity index (χ3n) is 3.58. The molecule has 0 aliphatic heterocycles. The number of hydrogen-bond donors (Lipinski definition) is 0. The molecule has 10 heteroatoms. The van der Waals surface area contributed by atoms with Crippen LogP contribution in [0.1, 0.15) is 5.69 Å². The predicted octanol–water partition coefficient (Wildman–Crippen LogP) is 2.18. The van der Waals surface area contributed by atoms with Gasteiger partial charge in [0.2, 0.25) is 5.88 Å². The van der Waals surface area contributed by atoms with Crippen LogP contribution in [0.4, 0.5) is 13.2 Å². The molecule has 0 atom stereocenters. The fourth-order valence-electron chi connectivity index (χ4n) is 2.39. The number of nitrogens with zero attached hydrogens (tertiary/aromatic N) is 3. The van der Waals surface area contributed by atoms with Gasteiger partial charge in [0, 0.05) is 13.1 Å². The SMILES string of the molecule is C#CCOc1nsc2ccc(-n3c(=O)cc(C(F)(F)F)n(C)c3=O)cc12. The van der Waals surface area contributed by atoms with E-state index in [2.05, 4.69) is 10.3 Å². The quantitative estimate of drug-likeness (QED) is 0.653. The highest BCUT2D eigenvalue weighted by atomic mass is 32.1. The smallest absolute Gasteiger partial charge is 0.431 e. The molecule has 3 rings (SSSR count). The summed E-state index contributed by atoms with van der Waals surface area (Å²) in [6.45, 7) is -0.0228. The highest BCUT2D eigenvalue weighted by molar-refractivity contribution is 7.13. The van der Waals surface area contributed by atoms with Crippen LogP contribution in [0.3, 0.4) is 0 Å². The maximum absolute atomic E-state index is 12.9. The lowest BCUT2D eigenvalue weighted by molar-refractivity contribution is -0.144. The fraction of sp³-hybridized carbons (Fsp3) is 0.188. The molecule has 6 nitrogen and oxygen atoms in total. The van der Waals surface area contributed by atoms with Crippen molar-refractivity contribution in [3.63, 3.8) is 0 Å². The summed E-state index contributed by atoms with van der Waals surface area (Å²) in [5.74, 6) is 2.51. The minimum atomic E-state index is -4.82. The molecule has 0 unspecified atom stereocenters. The van der Waals surface area contributed by atoms with Gasteiger partial charge in [-0.25, -0.2) is 9.36 Å². The first-order valence-corrected chi connectivity index (χ1v) is 7.87. The van der Waals surface area contributed by atoms with Gasteiger partial charge in [-0.1, -0.05) is 5.92 Å². The van der Waals surface area contributed by atoms with Crippen LogP contribution in [0.2, 0.25) is 0 Å². The lowest BCUT2D eigenvalue weighted by atomic mass is 10.2. The molecule has 2 heterocycles. The Labute approximate surface area is 148 Å². The van der Waals surface area contributed by atoms with Crippen LogP contribution in [0.25, 0.3) is 15.8 Å². The molecule has 0 N–H and O–H groups in total. The van der Waals surface area contributed by atoms with Crippen LogP contribution in [0.15, 0.2) is 33.9 Å². The molecule has 0 amide bonds. The van der Waals surface area contributed by atoms with E-state index in [1.807, 2.05) is 0 Å². The van der Waals surface area contributed by atoms with Gasteiger partial charge in [-0.3, -0.25) is 9.36 Å². The Balaban J connectivity index is 2.21. The number of hydrogen-bond acceptors (Lipinski definition) is 5. The molecule has 0 radical (unpaired) electrons. The Morgan fingerprint density at radius 3 is 2.69 bits per heavy atom. The van der Waals surface area contributed by atoms with E-state index in [-0.39, 0.29) is 18.2 Å². The monoisotopic (exact) mass is 381 g/mol. The first-order chi connectivity index (χ1) is 12.2. The van der Waals surface area contributed by atoms with E-state index >= 15 is 0 Å². The molecule has 0 aliphatic rings.